The largest absolute Gasteiger partial charge is 0.422 e. The standard InChI is InChI=1S/C28H19BrClN3O4/c29-22-12-8-18(9-13-22)26(34)32-24-6-3-5-20(16-24)27(35)33-31-17-21-4-1-2-7-25(21)37-28(36)19-10-14-23(30)15-11-19/h1-17H,(H,32,34)(H,33,35). The lowest BCUT2D eigenvalue weighted by atomic mass is 10.1. The lowest BCUT2D eigenvalue weighted by Crippen LogP contribution is -2.18. The van der Waals surface area contributed by atoms with Gasteiger partial charge in [0.05, 0.1) is 11.8 Å². The van der Waals surface area contributed by atoms with Gasteiger partial charge in [0.25, 0.3) is 11.8 Å². The molecular weight excluding hydrogens is 558 g/mol. The van der Waals surface area contributed by atoms with Crippen molar-refractivity contribution in [2.45, 2.75) is 0 Å². The molecular formula is C28H19BrClN3O4. The summed E-state index contributed by atoms with van der Waals surface area (Å²) in [5, 5.41) is 7.27. The van der Waals surface area contributed by atoms with Crippen molar-refractivity contribution in [1.29, 1.82) is 0 Å². The van der Waals surface area contributed by atoms with E-state index in [9.17, 15) is 14.4 Å². The summed E-state index contributed by atoms with van der Waals surface area (Å²) in [5.41, 5.74) is 4.52. The van der Waals surface area contributed by atoms with Crippen LogP contribution in [0.25, 0.3) is 0 Å². The molecule has 0 heterocycles. The Balaban J connectivity index is 1.39. The summed E-state index contributed by atoms with van der Waals surface area (Å²) < 4.78 is 6.35. The van der Waals surface area contributed by atoms with Crippen LogP contribution in [0.4, 0.5) is 5.69 Å². The van der Waals surface area contributed by atoms with Gasteiger partial charge >= 0.3 is 5.97 Å². The summed E-state index contributed by atoms with van der Waals surface area (Å²) in [6.45, 7) is 0. The van der Waals surface area contributed by atoms with Crippen LogP contribution in [0.3, 0.4) is 0 Å². The normalized spacial score (nSPS) is 10.6. The van der Waals surface area contributed by atoms with Crippen molar-refractivity contribution in [1.82, 2.24) is 5.43 Å². The molecule has 2 amide bonds. The van der Waals surface area contributed by atoms with E-state index in [0.717, 1.165) is 4.47 Å². The lowest BCUT2D eigenvalue weighted by Gasteiger charge is -2.08. The van der Waals surface area contributed by atoms with E-state index < -0.39 is 11.9 Å². The lowest BCUT2D eigenvalue weighted by molar-refractivity contribution is 0.0734. The quantitative estimate of drug-likeness (QED) is 0.116. The molecule has 9 heteroatoms. The van der Waals surface area contributed by atoms with Gasteiger partial charge in [0.1, 0.15) is 5.75 Å². The van der Waals surface area contributed by atoms with E-state index in [1.165, 1.54) is 6.21 Å². The second kappa shape index (κ2) is 12.1. The molecule has 37 heavy (non-hydrogen) atoms. The van der Waals surface area contributed by atoms with E-state index in [4.69, 9.17) is 16.3 Å². The molecule has 7 nitrogen and oxygen atoms in total. The predicted molar refractivity (Wildman–Crippen MR) is 146 cm³/mol. The summed E-state index contributed by atoms with van der Waals surface area (Å²) in [6.07, 6.45) is 1.38. The zero-order valence-electron chi connectivity index (χ0n) is 19.2. The summed E-state index contributed by atoms with van der Waals surface area (Å²) in [6, 6.07) is 26.5. The molecule has 0 aromatic heterocycles. The number of hydrogen-bond acceptors (Lipinski definition) is 5. The predicted octanol–water partition coefficient (Wildman–Crippen LogP) is 6.34. The fourth-order valence-corrected chi connectivity index (χ4v) is 3.58. The van der Waals surface area contributed by atoms with Crippen molar-refractivity contribution in [3.05, 3.63) is 129 Å². The Kier molecular flexibility index (Phi) is 8.45. The first-order chi connectivity index (χ1) is 17.9. The Hall–Kier alpha value is -4.27. The number of carbonyl (C=O) groups excluding carboxylic acids is 3. The number of nitrogens with one attached hydrogen (secondary N) is 2. The minimum atomic E-state index is -0.552. The van der Waals surface area contributed by atoms with Gasteiger partial charge in [-0.05, 0) is 78.9 Å². The van der Waals surface area contributed by atoms with E-state index in [2.05, 4.69) is 31.8 Å². The Morgan fingerprint density at radius 3 is 2.24 bits per heavy atom. The maximum atomic E-state index is 12.6. The minimum Gasteiger partial charge on any atom is -0.422 e. The van der Waals surface area contributed by atoms with Crippen molar-refractivity contribution < 1.29 is 19.1 Å². The molecule has 0 atom stereocenters. The van der Waals surface area contributed by atoms with Crippen LogP contribution in [0.2, 0.25) is 5.02 Å². The molecule has 0 bridgehead atoms. The van der Waals surface area contributed by atoms with E-state index >= 15 is 0 Å². The van der Waals surface area contributed by atoms with Crippen molar-refractivity contribution in [3.8, 4) is 5.75 Å². The number of nitrogens with zero attached hydrogens (tertiary/aromatic N) is 1. The van der Waals surface area contributed by atoms with E-state index in [0.29, 0.717) is 33.0 Å². The van der Waals surface area contributed by atoms with Crippen molar-refractivity contribution in [2.24, 2.45) is 5.10 Å². The number of benzene rings is 4. The first-order valence-corrected chi connectivity index (χ1v) is 12.1. The number of ether oxygens (including phenoxy) is 1. The summed E-state index contributed by atoms with van der Waals surface area (Å²) in [5.74, 6) is -1.05. The van der Waals surface area contributed by atoms with Gasteiger partial charge in [0, 0.05) is 31.9 Å². The molecule has 4 aromatic carbocycles. The Labute approximate surface area is 226 Å². The molecule has 0 saturated heterocycles. The van der Waals surface area contributed by atoms with Gasteiger partial charge in [-0.3, -0.25) is 9.59 Å². The Morgan fingerprint density at radius 2 is 1.49 bits per heavy atom. The highest BCUT2D eigenvalue weighted by atomic mass is 79.9. The maximum Gasteiger partial charge on any atom is 0.343 e. The summed E-state index contributed by atoms with van der Waals surface area (Å²) in [4.78, 5) is 37.5. The average Bonchev–Trinajstić information content (AvgIpc) is 2.90. The van der Waals surface area contributed by atoms with Crippen molar-refractivity contribution in [3.63, 3.8) is 0 Å². The zero-order valence-corrected chi connectivity index (χ0v) is 21.5. The van der Waals surface area contributed by atoms with Gasteiger partial charge in [0.15, 0.2) is 0 Å². The Morgan fingerprint density at radius 1 is 0.784 bits per heavy atom. The number of esters is 1. The van der Waals surface area contributed by atoms with E-state index in [-0.39, 0.29) is 11.7 Å². The second-order valence-electron chi connectivity index (χ2n) is 7.68. The molecule has 0 aliphatic carbocycles. The SMILES string of the molecule is O=C(NN=Cc1ccccc1OC(=O)c1ccc(Cl)cc1)c1cccc(NC(=O)c2ccc(Br)cc2)c1. The fourth-order valence-electron chi connectivity index (χ4n) is 3.19. The molecule has 2 N–H and O–H groups in total. The fraction of sp³-hybridized carbons (Fsp3) is 0. The topological polar surface area (TPSA) is 96.9 Å². The van der Waals surface area contributed by atoms with Crippen molar-refractivity contribution in [2.75, 3.05) is 5.32 Å². The number of amides is 2. The molecule has 0 spiro atoms. The van der Waals surface area contributed by atoms with E-state index in [1.54, 1.807) is 97.1 Å². The first kappa shape index (κ1) is 25.8. The number of para-hydroxylation sites is 1. The highest BCUT2D eigenvalue weighted by Gasteiger charge is 2.12. The van der Waals surface area contributed by atoms with Crippen LogP contribution in [0.1, 0.15) is 36.6 Å². The Bertz CT molecular complexity index is 1470. The third kappa shape index (κ3) is 7.13. The smallest absolute Gasteiger partial charge is 0.343 e. The molecule has 0 aliphatic rings. The molecule has 4 aromatic rings. The summed E-state index contributed by atoms with van der Waals surface area (Å²) in [7, 11) is 0. The van der Waals surface area contributed by atoms with E-state index in [1.807, 2.05) is 0 Å². The van der Waals surface area contributed by atoms with Gasteiger partial charge < -0.3 is 10.1 Å². The number of hydrazone groups is 1. The van der Waals surface area contributed by atoms with Crippen LogP contribution in [0.15, 0.2) is 107 Å². The molecule has 0 fully saturated rings. The van der Waals surface area contributed by atoms with Crippen molar-refractivity contribution >= 4 is 57.2 Å². The van der Waals surface area contributed by atoms with Crippen LogP contribution >= 0.6 is 27.5 Å². The number of anilines is 1. The van der Waals surface area contributed by atoms with Crippen LogP contribution in [-0.4, -0.2) is 24.0 Å². The molecule has 4 rings (SSSR count). The maximum absolute atomic E-state index is 12.6. The third-order valence-electron chi connectivity index (χ3n) is 5.06. The highest BCUT2D eigenvalue weighted by molar-refractivity contribution is 9.10. The zero-order chi connectivity index (χ0) is 26.2. The number of hydrogen-bond donors (Lipinski definition) is 2. The molecule has 0 unspecified atom stereocenters. The van der Waals surface area contributed by atoms with Gasteiger partial charge in [-0.15, -0.1) is 0 Å². The average molecular weight is 577 g/mol. The van der Waals surface area contributed by atoms with Gasteiger partial charge in [-0.2, -0.15) is 5.10 Å². The third-order valence-corrected chi connectivity index (χ3v) is 5.84. The summed E-state index contributed by atoms with van der Waals surface area (Å²) >= 11 is 9.20. The number of carbonyl (C=O) groups is 3. The van der Waals surface area contributed by atoms with Gasteiger partial charge in [-0.25, -0.2) is 10.2 Å². The second-order valence-corrected chi connectivity index (χ2v) is 9.03. The highest BCUT2D eigenvalue weighted by Crippen LogP contribution is 2.19. The number of rotatable bonds is 7. The van der Waals surface area contributed by atoms with Gasteiger partial charge in [0.2, 0.25) is 0 Å². The molecule has 184 valence electrons. The molecule has 0 saturated carbocycles. The molecule has 0 aliphatic heterocycles. The monoisotopic (exact) mass is 575 g/mol. The van der Waals surface area contributed by atoms with Crippen LogP contribution < -0.4 is 15.5 Å². The minimum absolute atomic E-state index is 0.276. The first-order valence-electron chi connectivity index (χ1n) is 11.0. The van der Waals surface area contributed by atoms with Crippen LogP contribution in [0.5, 0.6) is 5.75 Å². The molecule has 0 radical (unpaired) electrons. The van der Waals surface area contributed by atoms with Gasteiger partial charge in [-0.1, -0.05) is 45.7 Å². The number of halogens is 2. The van der Waals surface area contributed by atoms with Crippen LogP contribution in [0, 0.1) is 0 Å². The van der Waals surface area contributed by atoms with Crippen LogP contribution in [-0.2, 0) is 0 Å².